The number of hydrogen-bond acceptors (Lipinski definition) is 0. The Morgan fingerprint density at radius 1 is 0.429 bits per heavy atom. The molecular weight excluding hydrogens is 605 g/mol. The second-order valence-corrected chi connectivity index (χ2v) is 0. The molecule has 0 spiro atoms. The fraction of sp³-hybridized carbons (Fsp3) is 0. The molecule has 0 fully saturated rings. The van der Waals surface area contributed by atoms with Crippen LogP contribution in [0.15, 0.2) is 0 Å². The van der Waals surface area contributed by atoms with Gasteiger partial charge >= 0.3 is 92.0 Å². The molecule has 0 unspecified atom stereocenters. The third kappa shape index (κ3) is 50.1. The molecule has 0 aliphatic rings. The smallest absolute Gasteiger partial charge is 2.00 e. The Kier molecular flexibility index (Phi) is 868. The molecule has 0 aromatic rings. The Balaban J connectivity index is 0. The quantitative estimate of drug-likeness (QED) is 0.255. The van der Waals surface area contributed by atoms with Gasteiger partial charge in [0.15, 0.2) is 0 Å². The monoisotopic (exact) mass is 610 g/mol. The van der Waals surface area contributed by atoms with Crippen molar-refractivity contribution in [2.75, 3.05) is 0 Å². The topological polar surface area (TPSA) is 85.5 Å². The van der Waals surface area contributed by atoms with Gasteiger partial charge in [0.2, 0.25) is 0 Å². The van der Waals surface area contributed by atoms with E-state index in [1.54, 1.807) is 0 Å². The summed E-state index contributed by atoms with van der Waals surface area (Å²) in [7, 11) is 0. The summed E-state index contributed by atoms with van der Waals surface area (Å²) in [5.74, 6) is 0. The van der Waals surface area contributed by atoms with Gasteiger partial charge in [-0.25, -0.2) is 0 Å². The maximum absolute atomic E-state index is 0. The molecule has 0 aromatic carbocycles. The molecule has 0 N–H and O–H groups in total. The van der Waals surface area contributed by atoms with Crippen LogP contribution in [0.3, 0.4) is 0 Å². The van der Waals surface area contributed by atoms with Crippen molar-refractivity contribution >= 4 is 92.0 Å². The van der Waals surface area contributed by atoms with E-state index in [2.05, 4.69) is 0 Å². The zero-order chi connectivity index (χ0) is 0. The van der Waals surface area contributed by atoms with Gasteiger partial charge < -0.3 is 16.4 Å². The van der Waals surface area contributed by atoms with Crippen molar-refractivity contribution in [2.24, 2.45) is 0 Å². The van der Waals surface area contributed by atoms with Crippen LogP contribution in [-0.4, -0.2) is 92.0 Å². The van der Waals surface area contributed by atoms with E-state index < -0.39 is 0 Å². The van der Waals surface area contributed by atoms with Gasteiger partial charge in [0.25, 0.3) is 0 Å². The SMILES string of the molecule is [Bi+3].[Bi+3].[GaH3].[GaH3].[O-2].[O-2].[O-2]. The van der Waals surface area contributed by atoms with Gasteiger partial charge in [0.1, 0.15) is 0 Å². The van der Waals surface area contributed by atoms with Crippen molar-refractivity contribution in [3.63, 3.8) is 0 Å². The Morgan fingerprint density at radius 2 is 0.429 bits per heavy atom. The van der Waals surface area contributed by atoms with E-state index in [1.807, 2.05) is 0 Å². The summed E-state index contributed by atoms with van der Waals surface area (Å²) in [6.45, 7) is 0. The van der Waals surface area contributed by atoms with Crippen molar-refractivity contribution in [1.82, 2.24) is 0 Å². The van der Waals surface area contributed by atoms with E-state index in [-0.39, 0.29) is 108 Å². The molecule has 0 rings (SSSR count). The Morgan fingerprint density at radius 3 is 0.429 bits per heavy atom. The van der Waals surface area contributed by atoms with Crippen molar-refractivity contribution in [3.8, 4) is 0 Å². The maximum atomic E-state index is 0. The summed E-state index contributed by atoms with van der Waals surface area (Å²) < 4.78 is 0. The maximum Gasteiger partial charge on any atom is -2.00 e. The normalized spacial score (nSPS) is 0. The zero-order valence-corrected chi connectivity index (χ0v) is 9.07. The first-order valence-corrected chi connectivity index (χ1v) is 0. The predicted octanol–water partition coefficient (Wildman–Crippen LogP) is -3.49. The predicted molar refractivity (Wildman–Crippen MR) is 33.4 cm³/mol. The molecule has 0 atom stereocenters. The van der Waals surface area contributed by atoms with Gasteiger partial charge in [0, 0.05) is 0 Å². The van der Waals surface area contributed by atoms with Crippen molar-refractivity contribution in [3.05, 3.63) is 0 Å². The van der Waals surface area contributed by atoms with Crippen molar-refractivity contribution in [1.29, 1.82) is 0 Å². The Labute approximate surface area is 107 Å². The summed E-state index contributed by atoms with van der Waals surface area (Å²) in [6, 6.07) is 0. The summed E-state index contributed by atoms with van der Waals surface area (Å²) in [5, 5.41) is 0. The Bertz CT molecular complexity index is 10.9. The summed E-state index contributed by atoms with van der Waals surface area (Å²) in [4.78, 5) is 0. The van der Waals surface area contributed by atoms with Gasteiger partial charge in [-0.3, -0.25) is 0 Å². The largest absolute Gasteiger partial charge is 2.00 e. The van der Waals surface area contributed by atoms with Crippen LogP contribution in [0.2, 0.25) is 0 Å². The zero-order valence-electron chi connectivity index (χ0n) is 2.12. The standard InChI is InChI=1S/2Bi.2Ga.3O.6H/q2*+3;;;3*-2;;;;;;. The van der Waals surface area contributed by atoms with E-state index in [9.17, 15) is 0 Å². The van der Waals surface area contributed by atoms with Crippen LogP contribution in [0.1, 0.15) is 0 Å². The first-order valence-electron chi connectivity index (χ1n) is 0. The van der Waals surface area contributed by atoms with E-state index in [1.165, 1.54) is 0 Å². The molecular formula is H6Bi2Ga2O3. The van der Waals surface area contributed by atoms with Crippen LogP contribution in [0, 0.1) is 0 Å². The molecule has 0 saturated heterocycles. The summed E-state index contributed by atoms with van der Waals surface area (Å²) in [6.07, 6.45) is 0. The average molecular weight is 611 g/mol. The fourth-order valence-electron chi connectivity index (χ4n) is 0. The average Bonchev–Trinajstić information content (AvgIpc) is 0. The Hall–Kier alpha value is 2.92. The number of hydrogen-bond donors (Lipinski definition) is 0. The second-order valence-electron chi connectivity index (χ2n) is 0. The molecule has 0 heterocycles. The van der Waals surface area contributed by atoms with Crippen LogP contribution in [0.4, 0.5) is 0 Å². The summed E-state index contributed by atoms with van der Waals surface area (Å²) in [5.41, 5.74) is 0. The molecule has 4 radical (unpaired) electrons. The molecule has 0 aromatic heterocycles. The van der Waals surface area contributed by atoms with Gasteiger partial charge in [0.05, 0.1) is 0 Å². The molecule has 0 aliphatic heterocycles. The molecule has 0 saturated carbocycles. The van der Waals surface area contributed by atoms with Crippen LogP contribution in [0.25, 0.3) is 0 Å². The van der Waals surface area contributed by atoms with Crippen LogP contribution < -0.4 is 0 Å². The van der Waals surface area contributed by atoms with Gasteiger partial charge in [-0.1, -0.05) is 0 Å². The van der Waals surface area contributed by atoms with Gasteiger partial charge in [-0.05, 0) is 0 Å². The third-order valence-electron chi connectivity index (χ3n) is 0. The molecule has 3 nitrogen and oxygen atoms in total. The van der Waals surface area contributed by atoms with Gasteiger partial charge in [-0.15, -0.1) is 0 Å². The van der Waals surface area contributed by atoms with Crippen molar-refractivity contribution < 1.29 is 16.4 Å². The first-order chi connectivity index (χ1) is 0. The van der Waals surface area contributed by atoms with E-state index >= 15 is 0 Å². The minimum atomic E-state index is 0. The van der Waals surface area contributed by atoms with Crippen LogP contribution >= 0.6 is 0 Å². The molecule has 7 heteroatoms. The van der Waals surface area contributed by atoms with Gasteiger partial charge in [-0.2, -0.15) is 0 Å². The second kappa shape index (κ2) is 65.6. The molecule has 7 heavy (non-hydrogen) atoms. The van der Waals surface area contributed by atoms with Crippen LogP contribution in [-0.2, 0) is 16.4 Å². The first kappa shape index (κ1) is 92.6. The van der Waals surface area contributed by atoms with E-state index in [0.29, 0.717) is 0 Å². The van der Waals surface area contributed by atoms with Crippen molar-refractivity contribution in [2.45, 2.75) is 0 Å². The molecule has 0 aliphatic carbocycles. The van der Waals surface area contributed by atoms with E-state index in [0.717, 1.165) is 0 Å². The molecule has 40 valence electrons. The number of rotatable bonds is 0. The minimum Gasteiger partial charge on any atom is -2.00 e. The fourth-order valence-corrected chi connectivity index (χ4v) is 0. The molecule has 0 bridgehead atoms. The van der Waals surface area contributed by atoms with E-state index in [4.69, 9.17) is 0 Å². The molecule has 0 amide bonds. The minimum absolute atomic E-state index is 0. The third-order valence-corrected chi connectivity index (χ3v) is 0. The summed E-state index contributed by atoms with van der Waals surface area (Å²) >= 11 is 0. The van der Waals surface area contributed by atoms with Crippen LogP contribution in [0.5, 0.6) is 0 Å².